The Morgan fingerprint density at radius 1 is 1.25 bits per heavy atom. The van der Waals surface area contributed by atoms with Crippen LogP contribution in [0.1, 0.15) is 13.8 Å². The SMILES string of the molecule is COC(C)C(C)Nc1c(Cl)cc(F)cc1Cl. The van der Waals surface area contributed by atoms with Crippen molar-refractivity contribution in [2.24, 2.45) is 0 Å². The van der Waals surface area contributed by atoms with E-state index in [0.717, 1.165) is 0 Å². The minimum atomic E-state index is -0.451. The highest BCUT2D eigenvalue weighted by molar-refractivity contribution is 6.39. The zero-order chi connectivity index (χ0) is 12.3. The summed E-state index contributed by atoms with van der Waals surface area (Å²) in [5.74, 6) is -0.451. The summed E-state index contributed by atoms with van der Waals surface area (Å²) in [6.07, 6.45) is -0.00261. The van der Waals surface area contributed by atoms with Gasteiger partial charge in [-0.1, -0.05) is 23.2 Å². The van der Waals surface area contributed by atoms with Crippen LogP contribution >= 0.6 is 23.2 Å². The molecule has 0 heterocycles. The fourth-order valence-corrected chi connectivity index (χ4v) is 1.80. The molecule has 0 fully saturated rings. The first-order valence-electron chi connectivity index (χ1n) is 4.89. The second kappa shape index (κ2) is 5.71. The summed E-state index contributed by atoms with van der Waals surface area (Å²) in [5.41, 5.74) is 0.529. The average molecular weight is 266 g/mol. The third-order valence-electron chi connectivity index (χ3n) is 2.45. The fraction of sp³-hybridized carbons (Fsp3) is 0.455. The Bertz CT molecular complexity index is 350. The van der Waals surface area contributed by atoms with Crippen molar-refractivity contribution in [3.63, 3.8) is 0 Å². The molecule has 90 valence electrons. The molecule has 5 heteroatoms. The quantitative estimate of drug-likeness (QED) is 0.890. The maximum atomic E-state index is 12.9. The molecule has 0 saturated carbocycles. The standard InChI is InChI=1S/C11H14Cl2FNO/c1-6(7(2)16-3)15-11-9(12)4-8(14)5-10(11)13/h4-7,15H,1-3H3. The van der Waals surface area contributed by atoms with Crippen LogP contribution in [0.25, 0.3) is 0 Å². The molecule has 0 aliphatic rings. The molecule has 0 amide bonds. The largest absolute Gasteiger partial charge is 0.380 e. The normalized spacial score (nSPS) is 14.6. The predicted molar refractivity (Wildman–Crippen MR) is 66.0 cm³/mol. The summed E-state index contributed by atoms with van der Waals surface area (Å²) in [6.45, 7) is 3.85. The molecular formula is C11H14Cl2FNO. The minimum Gasteiger partial charge on any atom is -0.380 e. The zero-order valence-corrected chi connectivity index (χ0v) is 10.9. The maximum absolute atomic E-state index is 12.9. The van der Waals surface area contributed by atoms with Crippen molar-refractivity contribution in [1.82, 2.24) is 0 Å². The van der Waals surface area contributed by atoms with E-state index < -0.39 is 5.82 Å². The van der Waals surface area contributed by atoms with Crippen molar-refractivity contribution < 1.29 is 9.13 Å². The number of ether oxygens (including phenoxy) is 1. The minimum absolute atomic E-state index is 0.00261. The van der Waals surface area contributed by atoms with Crippen LogP contribution in [0, 0.1) is 5.82 Å². The van der Waals surface area contributed by atoms with Gasteiger partial charge in [0, 0.05) is 13.2 Å². The summed E-state index contributed by atoms with van der Waals surface area (Å²) in [6, 6.07) is 2.46. The number of rotatable bonds is 4. The Balaban J connectivity index is 2.89. The van der Waals surface area contributed by atoms with Gasteiger partial charge in [-0.25, -0.2) is 4.39 Å². The molecule has 0 spiro atoms. The fourth-order valence-electron chi connectivity index (χ4n) is 1.23. The van der Waals surface area contributed by atoms with E-state index in [0.29, 0.717) is 5.69 Å². The van der Waals surface area contributed by atoms with Crippen LogP contribution in [0.5, 0.6) is 0 Å². The number of nitrogens with one attached hydrogen (secondary N) is 1. The molecular weight excluding hydrogens is 252 g/mol. The van der Waals surface area contributed by atoms with Crippen LogP contribution in [0.15, 0.2) is 12.1 Å². The van der Waals surface area contributed by atoms with E-state index >= 15 is 0 Å². The van der Waals surface area contributed by atoms with Crippen LogP contribution in [0.2, 0.25) is 10.0 Å². The summed E-state index contributed by atoms with van der Waals surface area (Å²) in [4.78, 5) is 0. The average Bonchev–Trinajstić information content (AvgIpc) is 2.21. The van der Waals surface area contributed by atoms with E-state index in [1.54, 1.807) is 7.11 Å². The maximum Gasteiger partial charge on any atom is 0.126 e. The van der Waals surface area contributed by atoms with Gasteiger partial charge in [0.1, 0.15) is 5.82 Å². The zero-order valence-electron chi connectivity index (χ0n) is 9.35. The molecule has 0 aromatic heterocycles. The number of methoxy groups -OCH3 is 1. The van der Waals surface area contributed by atoms with E-state index in [9.17, 15) is 4.39 Å². The third-order valence-corrected chi connectivity index (χ3v) is 3.05. The van der Waals surface area contributed by atoms with Gasteiger partial charge in [0.15, 0.2) is 0 Å². The Morgan fingerprint density at radius 2 is 1.75 bits per heavy atom. The van der Waals surface area contributed by atoms with Gasteiger partial charge in [0.05, 0.1) is 21.8 Å². The molecule has 1 aromatic rings. The molecule has 0 bridgehead atoms. The first-order chi connectivity index (χ1) is 7.45. The Morgan fingerprint density at radius 3 is 2.19 bits per heavy atom. The van der Waals surface area contributed by atoms with Gasteiger partial charge in [-0.15, -0.1) is 0 Å². The van der Waals surface area contributed by atoms with E-state index in [-0.39, 0.29) is 22.2 Å². The number of hydrogen-bond donors (Lipinski definition) is 1. The molecule has 16 heavy (non-hydrogen) atoms. The number of benzene rings is 1. The lowest BCUT2D eigenvalue weighted by atomic mass is 10.2. The van der Waals surface area contributed by atoms with Crippen LogP contribution in [-0.4, -0.2) is 19.3 Å². The number of hydrogen-bond acceptors (Lipinski definition) is 2. The first-order valence-corrected chi connectivity index (χ1v) is 5.65. The second-order valence-electron chi connectivity index (χ2n) is 3.62. The van der Waals surface area contributed by atoms with Crippen molar-refractivity contribution in [3.05, 3.63) is 28.0 Å². The summed E-state index contributed by atoms with van der Waals surface area (Å²) in [5, 5.41) is 3.63. The summed E-state index contributed by atoms with van der Waals surface area (Å²) < 4.78 is 18.1. The van der Waals surface area contributed by atoms with E-state index in [1.165, 1.54) is 12.1 Å². The molecule has 2 atom stereocenters. The van der Waals surface area contributed by atoms with E-state index in [2.05, 4.69) is 5.32 Å². The predicted octanol–water partition coefficient (Wildman–Crippen LogP) is 3.97. The molecule has 2 nitrogen and oxygen atoms in total. The van der Waals surface area contributed by atoms with Gasteiger partial charge < -0.3 is 10.1 Å². The van der Waals surface area contributed by atoms with Crippen molar-refractivity contribution in [2.75, 3.05) is 12.4 Å². The smallest absolute Gasteiger partial charge is 0.126 e. The summed E-state index contributed by atoms with van der Waals surface area (Å²) in [7, 11) is 1.62. The highest BCUT2D eigenvalue weighted by Gasteiger charge is 2.15. The van der Waals surface area contributed by atoms with Crippen molar-refractivity contribution >= 4 is 28.9 Å². The van der Waals surface area contributed by atoms with Crippen molar-refractivity contribution in [2.45, 2.75) is 26.0 Å². The molecule has 1 rings (SSSR count). The third kappa shape index (κ3) is 3.24. The Labute approximate surface area is 105 Å². The topological polar surface area (TPSA) is 21.3 Å². The monoisotopic (exact) mass is 265 g/mol. The summed E-state index contributed by atoms with van der Waals surface area (Å²) >= 11 is 11.8. The van der Waals surface area contributed by atoms with Crippen molar-refractivity contribution in [1.29, 1.82) is 0 Å². The first kappa shape index (κ1) is 13.6. The lowest BCUT2D eigenvalue weighted by molar-refractivity contribution is 0.106. The molecule has 2 unspecified atom stereocenters. The van der Waals surface area contributed by atoms with Crippen LogP contribution < -0.4 is 5.32 Å². The lowest BCUT2D eigenvalue weighted by Crippen LogP contribution is -2.29. The lowest BCUT2D eigenvalue weighted by Gasteiger charge is -2.22. The molecule has 0 radical (unpaired) electrons. The second-order valence-corrected chi connectivity index (χ2v) is 4.43. The molecule has 1 N–H and O–H groups in total. The number of halogens is 3. The Hall–Kier alpha value is -0.510. The van der Waals surface area contributed by atoms with E-state index in [1.807, 2.05) is 13.8 Å². The highest BCUT2D eigenvalue weighted by atomic mass is 35.5. The van der Waals surface area contributed by atoms with E-state index in [4.69, 9.17) is 27.9 Å². The van der Waals surface area contributed by atoms with Crippen LogP contribution in [-0.2, 0) is 4.74 Å². The van der Waals surface area contributed by atoms with Gasteiger partial charge >= 0.3 is 0 Å². The molecule has 1 aromatic carbocycles. The van der Waals surface area contributed by atoms with Crippen molar-refractivity contribution in [3.8, 4) is 0 Å². The molecule has 0 aliphatic heterocycles. The molecule has 0 aliphatic carbocycles. The van der Waals surface area contributed by atoms with Crippen LogP contribution in [0.3, 0.4) is 0 Å². The van der Waals surface area contributed by atoms with Gasteiger partial charge in [-0.2, -0.15) is 0 Å². The Kier molecular flexibility index (Phi) is 4.84. The van der Waals surface area contributed by atoms with Crippen LogP contribution in [0.4, 0.5) is 10.1 Å². The van der Waals surface area contributed by atoms with Gasteiger partial charge in [-0.05, 0) is 26.0 Å². The highest BCUT2D eigenvalue weighted by Crippen LogP contribution is 2.32. The molecule has 0 saturated heterocycles. The number of anilines is 1. The van der Waals surface area contributed by atoms with Gasteiger partial charge in [0.2, 0.25) is 0 Å². The van der Waals surface area contributed by atoms with Gasteiger partial charge in [0.25, 0.3) is 0 Å². The van der Waals surface area contributed by atoms with Gasteiger partial charge in [-0.3, -0.25) is 0 Å².